The first kappa shape index (κ1) is 21.0. The lowest BCUT2D eigenvalue weighted by molar-refractivity contribution is 0.0951. The van der Waals surface area contributed by atoms with E-state index in [-0.39, 0.29) is 35.5 Å². The maximum atomic E-state index is 14.4. The summed E-state index contributed by atoms with van der Waals surface area (Å²) in [4.78, 5) is 30.5. The molecule has 7 nitrogen and oxygen atoms in total. The van der Waals surface area contributed by atoms with Crippen LogP contribution in [0.2, 0.25) is 0 Å². The number of aryl methyl sites for hydroxylation is 2. The van der Waals surface area contributed by atoms with Crippen molar-refractivity contribution in [2.24, 2.45) is 0 Å². The van der Waals surface area contributed by atoms with Gasteiger partial charge in [0.25, 0.3) is 11.5 Å². The Hall–Kier alpha value is -3.88. The van der Waals surface area contributed by atoms with Gasteiger partial charge in [0, 0.05) is 23.7 Å². The van der Waals surface area contributed by atoms with Crippen LogP contribution < -0.4 is 10.9 Å². The molecule has 1 saturated carbocycles. The summed E-state index contributed by atoms with van der Waals surface area (Å²) in [6.45, 7) is 3.82. The second-order valence-corrected chi connectivity index (χ2v) is 8.12. The highest BCUT2D eigenvalue weighted by Gasteiger charge is 2.25. The third kappa shape index (κ3) is 3.59. The van der Waals surface area contributed by atoms with E-state index in [1.54, 1.807) is 25.1 Å². The predicted molar refractivity (Wildman–Crippen MR) is 119 cm³/mol. The number of nitrogens with zero attached hydrogens (tertiary/aromatic N) is 4. The average molecular weight is 449 g/mol. The third-order valence-electron chi connectivity index (χ3n) is 5.79. The molecule has 0 bridgehead atoms. The number of halogens is 2. The molecule has 1 fully saturated rings. The number of amides is 1. The first-order chi connectivity index (χ1) is 15.9. The van der Waals surface area contributed by atoms with Crippen LogP contribution in [0.25, 0.3) is 28.1 Å². The van der Waals surface area contributed by atoms with Crippen LogP contribution in [-0.4, -0.2) is 31.3 Å². The zero-order chi connectivity index (χ0) is 23.3. The molecular formula is C24H21F2N5O2. The summed E-state index contributed by atoms with van der Waals surface area (Å²) in [7, 11) is 0. The van der Waals surface area contributed by atoms with Crippen LogP contribution in [0, 0.1) is 18.6 Å². The van der Waals surface area contributed by atoms with Crippen LogP contribution in [-0.2, 0) is 6.54 Å². The highest BCUT2D eigenvalue weighted by Crippen LogP contribution is 2.26. The molecule has 0 aliphatic heterocycles. The van der Waals surface area contributed by atoms with Crippen LogP contribution in [0.4, 0.5) is 8.78 Å². The Morgan fingerprint density at radius 2 is 1.91 bits per heavy atom. The molecule has 1 aliphatic carbocycles. The lowest BCUT2D eigenvalue weighted by atomic mass is 10.0. The number of para-hydroxylation sites is 1. The van der Waals surface area contributed by atoms with Gasteiger partial charge in [0.1, 0.15) is 16.9 Å². The number of carbonyl (C=O) groups excluding carboxylic acids is 1. The van der Waals surface area contributed by atoms with Crippen LogP contribution in [0.1, 0.15) is 35.7 Å². The molecule has 5 rings (SSSR count). The van der Waals surface area contributed by atoms with Gasteiger partial charge in [-0.15, -0.1) is 0 Å². The maximum absolute atomic E-state index is 14.4. The normalized spacial score (nSPS) is 13.5. The van der Waals surface area contributed by atoms with Crippen molar-refractivity contribution in [3.05, 3.63) is 75.7 Å². The van der Waals surface area contributed by atoms with Crippen molar-refractivity contribution < 1.29 is 13.6 Å². The van der Waals surface area contributed by atoms with Gasteiger partial charge in [-0.05, 0) is 56.5 Å². The van der Waals surface area contributed by atoms with Gasteiger partial charge in [-0.2, -0.15) is 5.10 Å². The topological polar surface area (TPSA) is 81.8 Å². The molecule has 4 aromatic rings. The zero-order valence-corrected chi connectivity index (χ0v) is 18.1. The summed E-state index contributed by atoms with van der Waals surface area (Å²) < 4.78 is 31.3. The number of aromatic nitrogens is 4. The zero-order valence-electron chi connectivity index (χ0n) is 18.1. The minimum Gasteiger partial charge on any atom is -0.349 e. The Balaban J connectivity index is 1.70. The minimum absolute atomic E-state index is 0.150. The van der Waals surface area contributed by atoms with E-state index in [1.807, 2.05) is 6.92 Å². The van der Waals surface area contributed by atoms with Gasteiger partial charge in [0.2, 0.25) is 0 Å². The summed E-state index contributed by atoms with van der Waals surface area (Å²) in [6, 6.07) is 8.87. The van der Waals surface area contributed by atoms with Crippen LogP contribution in [0.3, 0.4) is 0 Å². The fraction of sp³-hybridized carbons (Fsp3) is 0.250. The summed E-state index contributed by atoms with van der Waals surface area (Å²) in [6.07, 6.45) is 3.31. The van der Waals surface area contributed by atoms with E-state index in [0.717, 1.165) is 35.2 Å². The summed E-state index contributed by atoms with van der Waals surface area (Å²) in [5, 5.41) is 7.07. The Bertz CT molecular complexity index is 1450. The molecule has 1 N–H and O–H groups in total. The van der Waals surface area contributed by atoms with E-state index in [0.29, 0.717) is 16.6 Å². The molecule has 0 radical (unpaired) electrons. The first-order valence-electron chi connectivity index (χ1n) is 10.7. The van der Waals surface area contributed by atoms with E-state index < -0.39 is 17.2 Å². The van der Waals surface area contributed by atoms with E-state index in [1.165, 1.54) is 16.8 Å². The summed E-state index contributed by atoms with van der Waals surface area (Å²) >= 11 is 0. The van der Waals surface area contributed by atoms with Gasteiger partial charge in [-0.1, -0.05) is 12.1 Å². The monoisotopic (exact) mass is 449 g/mol. The number of fused-ring (bicyclic) bond motifs is 1. The molecule has 33 heavy (non-hydrogen) atoms. The van der Waals surface area contributed by atoms with Crippen molar-refractivity contribution in [2.75, 3.05) is 0 Å². The molecule has 168 valence electrons. The Morgan fingerprint density at radius 3 is 2.58 bits per heavy atom. The van der Waals surface area contributed by atoms with Crippen LogP contribution in [0.5, 0.6) is 0 Å². The molecule has 9 heteroatoms. The number of hydrogen-bond acceptors (Lipinski definition) is 4. The van der Waals surface area contributed by atoms with Gasteiger partial charge < -0.3 is 5.32 Å². The van der Waals surface area contributed by atoms with Crippen molar-refractivity contribution in [2.45, 2.75) is 39.3 Å². The van der Waals surface area contributed by atoms with Crippen molar-refractivity contribution >= 4 is 17.1 Å². The molecular weight excluding hydrogens is 428 g/mol. The van der Waals surface area contributed by atoms with E-state index in [2.05, 4.69) is 15.4 Å². The van der Waals surface area contributed by atoms with Gasteiger partial charge in [0.15, 0.2) is 17.3 Å². The first-order valence-corrected chi connectivity index (χ1v) is 10.7. The average Bonchev–Trinajstić information content (AvgIpc) is 3.51. The summed E-state index contributed by atoms with van der Waals surface area (Å²) in [5.74, 6) is -1.80. The highest BCUT2D eigenvalue weighted by atomic mass is 19.1. The Kier molecular flexibility index (Phi) is 5.03. The van der Waals surface area contributed by atoms with E-state index >= 15 is 0 Å². The van der Waals surface area contributed by atoms with Crippen molar-refractivity contribution in [1.29, 1.82) is 0 Å². The standard InChI is InChI=1S/C24H21F2N5O2/c1-3-30-23-19(12-27-31(23)21-17(25)5-4-6-18(21)26)29-20(24(30)33)16-11-14(8-7-13(16)2)22(32)28-15-9-10-15/h4-8,11-12,15H,3,9-10H2,1-2H3,(H,28,32). The second kappa shape index (κ2) is 7.91. The molecule has 2 heterocycles. The maximum Gasteiger partial charge on any atom is 0.278 e. The number of nitrogens with one attached hydrogen (secondary N) is 1. The van der Waals surface area contributed by atoms with E-state index in [4.69, 9.17) is 0 Å². The Morgan fingerprint density at radius 1 is 1.18 bits per heavy atom. The molecule has 0 spiro atoms. The van der Waals surface area contributed by atoms with Crippen molar-refractivity contribution in [3.63, 3.8) is 0 Å². The molecule has 0 saturated heterocycles. The fourth-order valence-corrected chi connectivity index (χ4v) is 3.90. The van der Waals surface area contributed by atoms with Crippen LogP contribution in [0.15, 0.2) is 47.4 Å². The van der Waals surface area contributed by atoms with Crippen molar-refractivity contribution in [3.8, 4) is 16.9 Å². The van der Waals surface area contributed by atoms with Gasteiger partial charge >= 0.3 is 0 Å². The highest BCUT2D eigenvalue weighted by molar-refractivity contribution is 5.96. The number of rotatable bonds is 5. The Labute approximate surface area is 187 Å². The third-order valence-corrected chi connectivity index (χ3v) is 5.79. The lowest BCUT2D eigenvalue weighted by Gasteiger charge is -2.13. The summed E-state index contributed by atoms with van der Waals surface area (Å²) in [5.41, 5.74) is 1.57. The smallest absolute Gasteiger partial charge is 0.278 e. The van der Waals surface area contributed by atoms with Gasteiger partial charge in [-0.25, -0.2) is 18.4 Å². The predicted octanol–water partition coefficient (Wildman–Crippen LogP) is 3.75. The number of benzene rings is 2. The molecule has 0 atom stereocenters. The number of carbonyl (C=O) groups is 1. The van der Waals surface area contributed by atoms with E-state index in [9.17, 15) is 18.4 Å². The quantitative estimate of drug-likeness (QED) is 0.503. The number of hydrogen-bond donors (Lipinski definition) is 1. The lowest BCUT2D eigenvalue weighted by Crippen LogP contribution is -2.26. The fourth-order valence-electron chi connectivity index (χ4n) is 3.90. The largest absolute Gasteiger partial charge is 0.349 e. The molecule has 2 aromatic heterocycles. The SMILES string of the molecule is CCn1c(=O)c(-c2cc(C(=O)NC3CC3)ccc2C)nc2cnn(-c3c(F)cccc3F)c21. The molecule has 2 aromatic carbocycles. The minimum atomic E-state index is -0.801. The molecule has 1 amide bonds. The van der Waals surface area contributed by atoms with Gasteiger partial charge in [0.05, 0.1) is 6.20 Å². The molecule has 1 aliphatic rings. The van der Waals surface area contributed by atoms with Gasteiger partial charge in [-0.3, -0.25) is 14.2 Å². The van der Waals surface area contributed by atoms with Crippen molar-refractivity contribution in [1.82, 2.24) is 24.6 Å². The second-order valence-electron chi connectivity index (χ2n) is 8.12. The van der Waals surface area contributed by atoms with Crippen LogP contribution >= 0.6 is 0 Å². The molecule has 0 unspecified atom stereocenters.